The van der Waals surface area contributed by atoms with Gasteiger partial charge in [0.2, 0.25) is 5.91 Å². The molecule has 4 aromatic rings. The number of anilines is 2. The van der Waals surface area contributed by atoms with Gasteiger partial charge in [0.25, 0.3) is 0 Å². The van der Waals surface area contributed by atoms with E-state index in [0.717, 1.165) is 0 Å². The minimum absolute atomic E-state index is 0.00748. The number of nitrogens with one attached hydrogen (secondary N) is 3. The van der Waals surface area contributed by atoms with Crippen LogP contribution in [0.5, 0.6) is 0 Å². The third-order valence-corrected chi connectivity index (χ3v) is 5.27. The molecule has 156 valence electrons. The topological polar surface area (TPSA) is 100 Å². The number of nitrogens with zero attached hydrogens (tertiary/aromatic N) is 4. The quantitative estimate of drug-likeness (QED) is 0.410. The van der Waals surface area contributed by atoms with E-state index < -0.39 is 5.82 Å². The van der Waals surface area contributed by atoms with Gasteiger partial charge in [-0.2, -0.15) is 16.9 Å². The van der Waals surface area contributed by atoms with Crippen molar-refractivity contribution >= 4 is 57.3 Å². The van der Waals surface area contributed by atoms with Crippen LogP contribution in [-0.2, 0) is 4.79 Å². The summed E-state index contributed by atoms with van der Waals surface area (Å²) in [5, 5.41) is 13.3. The van der Waals surface area contributed by atoms with E-state index in [-0.39, 0.29) is 22.7 Å². The van der Waals surface area contributed by atoms with Crippen molar-refractivity contribution in [1.29, 1.82) is 0 Å². The summed E-state index contributed by atoms with van der Waals surface area (Å²) in [6.07, 6.45) is 8.34. The first-order valence-electron chi connectivity index (χ1n) is 9.13. The second kappa shape index (κ2) is 8.11. The molecule has 0 radical (unpaired) electrons. The number of amides is 1. The number of aromatic nitrogens is 5. The summed E-state index contributed by atoms with van der Waals surface area (Å²) in [5.74, 6) is 0.0315. The van der Waals surface area contributed by atoms with Gasteiger partial charge in [-0.15, -0.1) is 0 Å². The molecule has 3 aromatic heterocycles. The monoisotopic (exact) mass is 447 g/mol. The van der Waals surface area contributed by atoms with E-state index in [4.69, 9.17) is 11.6 Å². The van der Waals surface area contributed by atoms with Crippen molar-refractivity contribution < 1.29 is 9.18 Å². The van der Waals surface area contributed by atoms with Gasteiger partial charge in [0, 0.05) is 23.2 Å². The van der Waals surface area contributed by atoms with Crippen molar-refractivity contribution in [2.24, 2.45) is 0 Å². The van der Waals surface area contributed by atoms with Gasteiger partial charge >= 0.3 is 0 Å². The molecule has 0 saturated carbocycles. The molecule has 8 nitrogen and oxygen atoms in total. The number of halogens is 2. The molecule has 0 bridgehead atoms. The summed E-state index contributed by atoms with van der Waals surface area (Å²) in [6, 6.07) is 0.00748. The van der Waals surface area contributed by atoms with Crippen LogP contribution in [-0.4, -0.2) is 48.5 Å². The van der Waals surface area contributed by atoms with Gasteiger partial charge in [-0.1, -0.05) is 11.6 Å². The van der Waals surface area contributed by atoms with Gasteiger partial charge in [-0.3, -0.25) is 14.9 Å². The number of hydrogen-bond acceptors (Lipinski definition) is 6. The molecule has 30 heavy (non-hydrogen) atoms. The van der Waals surface area contributed by atoms with E-state index in [1.54, 1.807) is 29.2 Å². The highest BCUT2D eigenvalue weighted by Crippen LogP contribution is 2.40. The summed E-state index contributed by atoms with van der Waals surface area (Å²) in [7, 11) is 0. The highest BCUT2D eigenvalue weighted by molar-refractivity contribution is 7.99. The number of benzene rings is 1. The largest absolute Gasteiger partial charge is 0.379 e. The molecule has 11 heteroatoms. The lowest BCUT2D eigenvalue weighted by Crippen LogP contribution is -2.13. The van der Waals surface area contributed by atoms with Crippen LogP contribution in [0.4, 0.5) is 15.9 Å². The van der Waals surface area contributed by atoms with Crippen LogP contribution in [0.25, 0.3) is 27.8 Å². The number of aromatic amines is 1. The van der Waals surface area contributed by atoms with Crippen LogP contribution in [0.2, 0.25) is 5.02 Å². The molecule has 3 N–H and O–H groups in total. The molecule has 0 spiro atoms. The van der Waals surface area contributed by atoms with Crippen molar-refractivity contribution in [3.63, 3.8) is 0 Å². The molecule has 0 aliphatic carbocycles. The second-order valence-electron chi connectivity index (χ2n) is 6.98. The van der Waals surface area contributed by atoms with Crippen molar-refractivity contribution in [1.82, 2.24) is 24.6 Å². The Morgan fingerprint density at radius 2 is 2.17 bits per heavy atom. The van der Waals surface area contributed by atoms with E-state index >= 15 is 4.39 Å². The number of carbonyl (C=O) groups excluding carboxylic acids is 1. The molecular formula is C19H19ClFN7OS. The normalized spacial score (nSPS) is 11.5. The molecule has 0 fully saturated rings. The molecule has 0 unspecified atom stereocenters. The summed E-state index contributed by atoms with van der Waals surface area (Å²) < 4.78 is 16.8. The number of carbonyl (C=O) groups is 1. The summed E-state index contributed by atoms with van der Waals surface area (Å²) in [6.45, 7) is 3.82. The Hall–Kier alpha value is -2.85. The van der Waals surface area contributed by atoms with Crippen LogP contribution >= 0.6 is 23.4 Å². The zero-order valence-corrected chi connectivity index (χ0v) is 18.0. The summed E-state index contributed by atoms with van der Waals surface area (Å²) in [5.41, 5.74) is 2.20. The Morgan fingerprint density at radius 1 is 1.37 bits per heavy atom. The van der Waals surface area contributed by atoms with E-state index in [0.29, 0.717) is 39.4 Å². The zero-order valence-electron chi connectivity index (χ0n) is 16.5. The van der Waals surface area contributed by atoms with Gasteiger partial charge in [-0.05, 0) is 20.1 Å². The first kappa shape index (κ1) is 20.4. The number of fused-ring (bicyclic) bond motifs is 2. The summed E-state index contributed by atoms with van der Waals surface area (Å²) in [4.78, 5) is 20.6. The zero-order chi connectivity index (χ0) is 21.4. The first-order valence-corrected chi connectivity index (χ1v) is 10.9. The minimum Gasteiger partial charge on any atom is -0.379 e. The molecular weight excluding hydrogens is 429 g/mol. The fraction of sp³-hybridized carbons (Fsp3) is 0.263. The highest BCUT2D eigenvalue weighted by Gasteiger charge is 2.22. The average molecular weight is 448 g/mol. The SMILES string of the molecule is CSCC(=O)Nc1cn2cc(-c3c(Cl)c(F)c(NC(C)C)c4[nH]ncc34)ncc2n1. The van der Waals surface area contributed by atoms with Gasteiger partial charge in [0.05, 0.1) is 46.3 Å². The van der Waals surface area contributed by atoms with Crippen LogP contribution in [0.1, 0.15) is 13.8 Å². The fourth-order valence-electron chi connectivity index (χ4n) is 3.19. The lowest BCUT2D eigenvalue weighted by Gasteiger charge is -2.15. The maximum absolute atomic E-state index is 15.1. The van der Waals surface area contributed by atoms with E-state index in [9.17, 15) is 4.79 Å². The number of hydrogen-bond donors (Lipinski definition) is 3. The minimum atomic E-state index is -0.574. The Balaban J connectivity index is 1.81. The van der Waals surface area contributed by atoms with Crippen LogP contribution in [0.15, 0.2) is 24.8 Å². The third-order valence-electron chi connectivity index (χ3n) is 4.36. The highest BCUT2D eigenvalue weighted by atomic mass is 35.5. The fourth-order valence-corrected chi connectivity index (χ4v) is 3.81. The van der Waals surface area contributed by atoms with Crippen molar-refractivity contribution in [3.05, 3.63) is 35.6 Å². The van der Waals surface area contributed by atoms with Crippen LogP contribution < -0.4 is 10.6 Å². The molecule has 1 amide bonds. The Bertz CT molecular complexity index is 1250. The van der Waals surface area contributed by atoms with Gasteiger partial charge < -0.3 is 15.0 Å². The molecule has 3 heterocycles. The van der Waals surface area contributed by atoms with E-state index in [1.165, 1.54) is 11.8 Å². The first-order chi connectivity index (χ1) is 14.4. The van der Waals surface area contributed by atoms with E-state index in [1.807, 2.05) is 20.1 Å². The van der Waals surface area contributed by atoms with E-state index in [2.05, 4.69) is 30.8 Å². The van der Waals surface area contributed by atoms with Gasteiger partial charge in [-0.25, -0.2) is 9.37 Å². The van der Waals surface area contributed by atoms with Crippen molar-refractivity contribution in [2.75, 3.05) is 22.6 Å². The Morgan fingerprint density at radius 3 is 2.90 bits per heavy atom. The molecule has 1 aromatic carbocycles. The van der Waals surface area contributed by atoms with Crippen molar-refractivity contribution in [3.8, 4) is 11.3 Å². The predicted molar refractivity (Wildman–Crippen MR) is 119 cm³/mol. The average Bonchev–Trinajstić information content (AvgIpc) is 3.31. The molecule has 0 aliphatic heterocycles. The lowest BCUT2D eigenvalue weighted by molar-refractivity contribution is -0.113. The maximum atomic E-state index is 15.1. The number of H-pyrrole nitrogens is 1. The molecule has 0 saturated heterocycles. The van der Waals surface area contributed by atoms with Crippen LogP contribution in [0, 0.1) is 5.82 Å². The third kappa shape index (κ3) is 3.68. The standard InChI is InChI=1S/C19H19ClFN7OS/c1-9(2)24-19-17(21)16(20)15(10-4-23-27-18(10)19)11-6-28-7-12(25-13(28)5-22-11)26-14(29)8-30-3/h4-7,9,24H,8H2,1-3H3,(H,23,27)(H,26,29). The van der Waals surface area contributed by atoms with Gasteiger partial charge in [0.15, 0.2) is 17.3 Å². The smallest absolute Gasteiger partial charge is 0.235 e. The van der Waals surface area contributed by atoms with Crippen molar-refractivity contribution in [2.45, 2.75) is 19.9 Å². The maximum Gasteiger partial charge on any atom is 0.235 e. The second-order valence-corrected chi connectivity index (χ2v) is 8.23. The van der Waals surface area contributed by atoms with Crippen LogP contribution in [0.3, 0.4) is 0 Å². The summed E-state index contributed by atoms with van der Waals surface area (Å²) >= 11 is 7.85. The predicted octanol–water partition coefficient (Wildman–Crippen LogP) is 4.19. The Labute approximate surface area is 180 Å². The number of rotatable bonds is 6. The number of imidazole rings is 1. The molecule has 0 atom stereocenters. The Kier molecular flexibility index (Phi) is 5.52. The lowest BCUT2D eigenvalue weighted by atomic mass is 10.1. The van der Waals surface area contributed by atoms with Gasteiger partial charge in [0.1, 0.15) is 0 Å². The number of thioether (sulfide) groups is 1. The molecule has 0 aliphatic rings. The molecule has 4 rings (SSSR count).